The number of halogens is 2. The molecule has 0 N–H and O–H groups in total. The van der Waals surface area contributed by atoms with Crippen molar-refractivity contribution in [3.8, 4) is 0 Å². The van der Waals surface area contributed by atoms with Gasteiger partial charge in [-0.05, 0) is 0 Å². The quantitative estimate of drug-likeness (QED) is 0.598. The van der Waals surface area contributed by atoms with Gasteiger partial charge >= 0.3 is 149 Å². The summed E-state index contributed by atoms with van der Waals surface area (Å²) in [6.45, 7) is 14.4. The van der Waals surface area contributed by atoms with Crippen LogP contribution in [0.15, 0.2) is 43.8 Å². The van der Waals surface area contributed by atoms with Crippen LogP contribution < -0.4 is 24.8 Å². The van der Waals surface area contributed by atoms with Crippen LogP contribution in [0.3, 0.4) is 0 Å². The average Bonchev–Trinajstić information content (AvgIpc) is 3.14. The second kappa shape index (κ2) is 7.98. The van der Waals surface area contributed by atoms with E-state index in [9.17, 15) is 0 Å². The Balaban J connectivity index is 0.00000144. The topological polar surface area (TPSA) is 0 Å². The molecule has 132 valence electrons. The zero-order valence-electron chi connectivity index (χ0n) is 15.9. The van der Waals surface area contributed by atoms with Gasteiger partial charge in [-0.2, -0.15) is 0 Å². The van der Waals surface area contributed by atoms with E-state index in [4.69, 9.17) is 0 Å². The van der Waals surface area contributed by atoms with E-state index in [1.54, 1.807) is 22.3 Å². The third kappa shape index (κ3) is 3.89. The molecule has 3 aliphatic carbocycles. The molecule has 24 heavy (non-hydrogen) atoms. The van der Waals surface area contributed by atoms with Gasteiger partial charge in [0.1, 0.15) is 0 Å². The fourth-order valence-corrected chi connectivity index (χ4v) is 8.89. The van der Waals surface area contributed by atoms with Crippen molar-refractivity contribution in [1.29, 1.82) is 0 Å². The van der Waals surface area contributed by atoms with Crippen molar-refractivity contribution in [1.82, 2.24) is 0 Å². The van der Waals surface area contributed by atoms with E-state index in [0.717, 1.165) is 5.92 Å². The van der Waals surface area contributed by atoms with Gasteiger partial charge < -0.3 is 24.8 Å². The average molecular weight is 445 g/mol. The number of hydrogen-bond acceptors (Lipinski definition) is 0. The molecule has 1 saturated carbocycles. The first-order valence-electron chi connectivity index (χ1n) is 8.84. The minimum atomic E-state index is -0.669. The van der Waals surface area contributed by atoms with Gasteiger partial charge in [0.05, 0.1) is 0 Å². The van der Waals surface area contributed by atoms with Crippen molar-refractivity contribution in [2.24, 2.45) is 11.3 Å². The zero-order chi connectivity index (χ0) is 16.1. The molecule has 0 nitrogen and oxygen atoms in total. The Hall–Kier alpha value is 0.423. The Morgan fingerprint density at radius 2 is 1.54 bits per heavy atom. The molecular formula is C21H30Cl2Zr. The van der Waals surface area contributed by atoms with Crippen LogP contribution >= 0.6 is 0 Å². The van der Waals surface area contributed by atoms with Gasteiger partial charge in [0.15, 0.2) is 0 Å². The number of hydrogen-bond donors (Lipinski definition) is 0. The predicted octanol–water partition coefficient (Wildman–Crippen LogP) is 0.592. The van der Waals surface area contributed by atoms with Crippen molar-refractivity contribution in [2.45, 2.75) is 70.3 Å². The van der Waals surface area contributed by atoms with Crippen LogP contribution in [0.4, 0.5) is 0 Å². The minimum absolute atomic E-state index is 0. The first kappa shape index (κ1) is 22.5. The summed E-state index contributed by atoms with van der Waals surface area (Å²) in [6.07, 6.45) is 13.4. The molecule has 0 spiro atoms. The molecule has 3 aliphatic rings. The summed E-state index contributed by atoms with van der Waals surface area (Å²) in [7, 11) is 0. The molecule has 0 aromatic carbocycles. The molecule has 0 aromatic rings. The summed E-state index contributed by atoms with van der Waals surface area (Å²) < 4.78 is 2.21. The van der Waals surface area contributed by atoms with Gasteiger partial charge in [-0.25, -0.2) is 0 Å². The van der Waals surface area contributed by atoms with Crippen LogP contribution in [0.25, 0.3) is 0 Å². The normalized spacial score (nSPS) is 28.7. The van der Waals surface area contributed by atoms with E-state index in [-0.39, 0.29) is 24.8 Å². The second-order valence-electron chi connectivity index (χ2n) is 8.24. The van der Waals surface area contributed by atoms with Gasteiger partial charge in [-0.1, -0.05) is 0 Å². The van der Waals surface area contributed by atoms with Gasteiger partial charge in [0, 0.05) is 0 Å². The Morgan fingerprint density at radius 1 is 0.958 bits per heavy atom. The van der Waals surface area contributed by atoms with Gasteiger partial charge in [-0.15, -0.1) is 0 Å². The minimum Gasteiger partial charge on any atom is -1.00 e. The van der Waals surface area contributed by atoms with E-state index >= 15 is 0 Å². The molecule has 0 aromatic heterocycles. The van der Waals surface area contributed by atoms with E-state index in [1.807, 2.05) is 3.28 Å². The van der Waals surface area contributed by atoms with Crippen molar-refractivity contribution in [3.05, 3.63) is 43.8 Å². The monoisotopic (exact) mass is 442 g/mol. The van der Waals surface area contributed by atoms with Crippen LogP contribution in [0.1, 0.15) is 67.2 Å². The van der Waals surface area contributed by atoms with E-state index in [0.29, 0.717) is 8.54 Å². The Labute approximate surface area is 172 Å². The van der Waals surface area contributed by atoms with Gasteiger partial charge in [0.25, 0.3) is 0 Å². The molecule has 0 aliphatic heterocycles. The van der Waals surface area contributed by atoms with Crippen LogP contribution in [-0.2, 0) is 23.2 Å². The maximum absolute atomic E-state index is 2.66. The van der Waals surface area contributed by atoms with Crippen molar-refractivity contribution in [2.75, 3.05) is 0 Å². The summed E-state index contributed by atoms with van der Waals surface area (Å²) in [5.41, 5.74) is 6.75. The molecule has 0 radical (unpaired) electrons. The van der Waals surface area contributed by atoms with Crippen LogP contribution in [0, 0.1) is 11.3 Å². The molecule has 3 heteroatoms. The van der Waals surface area contributed by atoms with E-state index in [1.165, 1.54) is 25.7 Å². The molecule has 0 saturated heterocycles. The Morgan fingerprint density at radius 3 is 2.04 bits per heavy atom. The van der Waals surface area contributed by atoms with Crippen molar-refractivity contribution < 1.29 is 48.0 Å². The molecule has 1 atom stereocenters. The zero-order valence-corrected chi connectivity index (χ0v) is 19.9. The maximum atomic E-state index is 2.66. The smallest absolute Gasteiger partial charge is 1.00 e. The Bertz CT molecular complexity index is 616. The molecule has 0 amide bonds. The Kier molecular flexibility index (Phi) is 7.47. The summed E-state index contributed by atoms with van der Waals surface area (Å²) in [6, 6.07) is 0. The maximum Gasteiger partial charge on any atom is -1.00 e. The molecular weight excluding hydrogens is 414 g/mol. The molecule has 0 bridgehead atoms. The third-order valence-corrected chi connectivity index (χ3v) is 11.5. The van der Waals surface area contributed by atoms with Crippen LogP contribution in [0.5, 0.6) is 0 Å². The second-order valence-corrected chi connectivity index (χ2v) is 12.7. The summed E-state index contributed by atoms with van der Waals surface area (Å²) in [5, 5.41) is 0. The fraction of sp³-hybridized carbons (Fsp3) is 0.619. The predicted molar refractivity (Wildman–Crippen MR) is 92.4 cm³/mol. The summed E-state index contributed by atoms with van der Waals surface area (Å²) in [4.78, 5) is 0. The van der Waals surface area contributed by atoms with E-state index in [2.05, 4.69) is 59.8 Å². The van der Waals surface area contributed by atoms with E-state index < -0.39 is 23.2 Å². The van der Waals surface area contributed by atoms with Gasteiger partial charge in [-0.3, -0.25) is 0 Å². The molecule has 1 fully saturated rings. The summed E-state index contributed by atoms with van der Waals surface area (Å²) in [5.74, 6) is 0.866. The first-order valence-corrected chi connectivity index (χ1v) is 11.3. The third-order valence-electron chi connectivity index (χ3n) is 6.37. The van der Waals surface area contributed by atoms with Gasteiger partial charge in [0.2, 0.25) is 0 Å². The largest absolute Gasteiger partial charge is 1.00 e. The van der Waals surface area contributed by atoms with Crippen LogP contribution in [-0.4, -0.2) is 0 Å². The van der Waals surface area contributed by atoms with Crippen molar-refractivity contribution >= 4 is 0 Å². The first-order chi connectivity index (χ1) is 10.2. The number of rotatable bonds is 3. The molecule has 3 rings (SSSR count). The fourth-order valence-electron chi connectivity index (χ4n) is 4.42. The molecule has 1 unspecified atom stereocenters. The SMILES string of the molecule is CC1=C(C)C(C)(C)[C]([Zr+2][C]2(C)C=CC(C3CCCC3)=C2)=C1C.[Cl-].[Cl-]. The standard InChI is InChI=1S/C11H15.C10H15.2ClH.Zr/c1-9-6-7-11(8-9)10-4-2-3-5-10;1-7-6-10(4,5)9(3)8(7)2;;;/h6-8,10H,2-5H2,1H3;1-5H3;2*1H;/q;;;;+2/p-2. The summed E-state index contributed by atoms with van der Waals surface area (Å²) >= 11 is -0.669. The molecule has 0 heterocycles. The van der Waals surface area contributed by atoms with Crippen LogP contribution in [0.2, 0.25) is 3.12 Å². The van der Waals surface area contributed by atoms with Crippen molar-refractivity contribution in [3.63, 3.8) is 0 Å². The number of allylic oxidation sites excluding steroid dienone is 8.